The van der Waals surface area contributed by atoms with Crippen LogP contribution in [0.25, 0.3) is 0 Å². The van der Waals surface area contributed by atoms with Crippen molar-refractivity contribution >= 4 is 5.97 Å². The minimum Gasteiger partial charge on any atom is -0.490 e. The number of aryl methyl sites for hydroxylation is 1. The van der Waals surface area contributed by atoms with Crippen molar-refractivity contribution in [3.8, 4) is 17.4 Å². The second-order valence-electron chi connectivity index (χ2n) is 5.52. The van der Waals surface area contributed by atoms with Crippen LogP contribution in [0.3, 0.4) is 0 Å². The SMILES string of the molecule is Cc1ccccc1OCCOC(=O)c1cccnc1Oc1ccccc1. The maximum absolute atomic E-state index is 12.3. The molecule has 0 amide bonds. The van der Waals surface area contributed by atoms with Crippen LogP contribution in [-0.2, 0) is 4.74 Å². The molecule has 1 aromatic heterocycles. The molecule has 3 rings (SSSR count). The lowest BCUT2D eigenvalue weighted by Gasteiger charge is -2.11. The first-order valence-electron chi connectivity index (χ1n) is 8.27. The molecule has 0 radical (unpaired) electrons. The smallest absolute Gasteiger partial charge is 0.343 e. The van der Waals surface area contributed by atoms with E-state index in [4.69, 9.17) is 14.2 Å². The number of aromatic nitrogens is 1. The highest BCUT2D eigenvalue weighted by Crippen LogP contribution is 2.23. The van der Waals surface area contributed by atoms with E-state index in [2.05, 4.69) is 4.98 Å². The normalized spacial score (nSPS) is 10.2. The number of hydrogen-bond acceptors (Lipinski definition) is 5. The molecule has 0 N–H and O–H groups in total. The largest absolute Gasteiger partial charge is 0.490 e. The van der Waals surface area contributed by atoms with Gasteiger partial charge in [-0.15, -0.1) is 0 Å². The molecule has 1 heterocycles. The number of carbonyl (C=O) groups excluding carboxylic acids is 1. The Balaban J connectivity index is 1.57. The Morgan fingerprint density at radius 1 is 0.923 bits per heavy atom. The van der Waals surface area contributed by atoms with Crippen LogP contribution in [-0.4, -0.2) is 24.2 Å². The van der Waals surface area contributed by atoms with E-state index in [1.165, 1.54) is 0 Å². The summed E-state index contributed by atoms with van der Waals surface area (Å²) in [6.45, 7) is 2.36. The highest BCUT2D eigenvalue weighted by molar-refractivity contribution is 5.91. The van der Waals surface area contributed by atoms with Crippen LogP contribution in [0.1, 0.15) is 15.9 Å². The van der Waals surface area contributed by atoms with Crippen molar-refractivity contribution in [3.63, 3.8) is 0 Å². The number of hydrogen-bond donors (Lipinski definition) is 0. The van der Waals surface area contributed by atoms with E-state index in [0.717, 1.165) is 11.3 Å². The number of esters is 1. The van der Waals surface area contributed by atoms with Crippen LogP contribution >= 0.6 is 0 Å². The topological polar surface area (TPSA) is 57.7 Å². The van der Waals surface area contributed by atoms with Crippen LogP contribution in [0.4, 0.5) is 0 Å². The van der Waals surface area contributed by atoms with E-state index in [1.807, 2.05) is 49.4 Å². The van der Waals surface area contributed by atoms with Gasteiger partial charge in [0.15, 0.2) is 0 Å². The van der Waals surface area contributed by atoms with Gasteiger partial charge in [-0.05, 0) is 42.8 Å². The molecule has 0 aliphatic rings. The van der Waals surface area contributed by atoms with Gasteiger partial charge in [0, 0.05) is 6.20 Å². The van der Waals surface area contributed by atoms with Crippen molar-refractivity contribution < 1.29 is 19.0 Å². The van der Waals surface area contributed by atoms with E-state index in [-0.39, 0.29) is 24.7 Å². The molecular formula is C21H19NO4. The molecule has 2 aromatic carbocycles. The van der Waals surface area contributed by atoms with Gasteiger partial charge < -0.3 is 14.2 Å². The van der Waals surface area contributed by atoms with Gasteiger partial charge in [0.2, 0.25) is 5.88 Å². The van der Waals surface area contributed by atoms with Gasteiger partial charge in [-0.3, -0.25) is 0 Å². The Hall–Kier alpha value is -3.34. The van der Waals surface area contributed by atoms with Crippen molar-refractivity contribution in [1.82, 2.24) is 4.98 Å². The first-order valence-corrected chi connectivity index (χ1v) is 8.27. The monoisotopic (exact) mass is 349 g/mol. The zero-order valence-corrected chi connectivity index (χ0v) is 14.4. The molecular weight excluding hydrogens is 330 g/mol. The lowest BCUT2D eigenvalue weighted by Crippen LogP contribution is -2.13. The second-order valence-corrected chi connectivity index (χ2v) is 5.52. The fourth-order valence-electron chi connectivity index (χ4n) is 2.31. The Kier molecular flexibility index (Phi) is 5.83. The predicted molar refractivity (Wildman–Crippen MR) is 97.7 cm³/mol. The van der Waals surface area contributed by atoms with Crippen molar-refractivity contribution in [1.29, 1.82) is 0 Å². The molecule has 0 saturated heterocycles. The maximum Gasteiger partial charge on any atom is 0.343 e. The highest BCUT2D eigenvalue weighted by atomic mass is 16.6. The third-order valence-corrected chi connectivity index (χ3v) is 3.62. The van der Waals surface area contributed by atoms with E-state index in [1.54, 1.807) is 30.5 Å². The quantitative estimate of drug-likeness (QED) is 0.467. The zero-order valence-electron chi connectivity index (χ0n) is 14.4. The summed E-state index contributed by atoms with van der Waals surface area (Å²) in [5.41, 5.74) is 1.30. The van der Waals surface area contributed by atoms with Crippen molar-refractivity contribution in [2.24, 2.45) is 0 Å². The van der Waals surface area contributed by atoms with Crippen LogP contribution in [0.15, 0.2) is 72.9 Å². The summed E-state index contributed by atoms with van der Waals surface area (Å²) < 4.78 is 16.6. The number of nitrogens with zero attached hydrogens (tertiary/aromatic N) is 1. The molecule has 0 fully saturated rings. The average Bonchev–Trinajstić information content (AvgIpc) is 2.67. The Morgan fingerprint density at radius 3 is 2.50 bits per heavy atom. The predicted octanol–water partition coefficient (Wildman–Crippen LogP) is 4.42. The van der Waals surface area contributed by atoms with Crippen LogP contribution in [0.2, 0.25) is 0 Å². The van der Waals surface area contributed by atoms with Crippen LogP contribution in [0.5, 0.6) is 17.4 Å². The molecule has 0 unspecified atom stereocenters. The summed E-state index contributed by atoms with van der Waals surface area (Å²) in [6, 6.07) is 20.1. The number of ether oxygens (including phenoxy) is 3. The molecule has 0 atom stereocenters. The van der Waals surface area contributed by atoms with E-state index >= 15 is 0 Å². The van der Waals surface area contributed by atoms with Crippen molar-refractivity contribution in [2.45, 2.75) is 6.92 Å². The molecule has 5 nitrogen and oxygen atoms in total. The van der Waals surface area contributed by atoms with E-state index < -0.39 is 5.97 Å². The zero-order chi connectivity index (χ0) is 18.2. The number of carbonyl (C=O) groups is 1. The van der Waals surface area contributed by atoms with Crippen LogP contribution in [0, 0.1) is 6.92 Å². The van der Waals surface area contributed by atoms with Gasteiger partial charge in [-0.25, -0.2) is 9.78 Å². The summed E-state index contributed by atoms with van der Waals surface area (Å²) in [7, 11) is 0. The van der Waals surface area contributed by atoms with Gasteiger partial charge >= 0.3 is 5.97 Å². The van der Waals surface area contributed by atoms with E-state index in [0.29, 0.717) is 5.75 Å². The fraction of sp³-hybridized carbons (Fsp3) is 0.143. The highest BCUT2D eigenvalue weighted by Gasteiger charge is 2.15. The molecule has 0 aliphatic heterocycles. The molecule has 0 saturated carbocycles. The Bertz CT molecular complexity index is 865. The van der Waals surface area contributed by atoms with Gasteiger partial charge in [-0.1, -0.05) is 36.4 Å². The molecule has 132 valence electrons. The summed E-state index contributed by atoms with van der Waals surface area (Å²) in [6.07, 6.45) is 1.57. The minimum atomic E-state index is -0.502. The van der Waals surface area contributed by atoms with Gasteiger partial charge in [-0.2, -0.15) is 0 Å². The van der Waals surface area contributed by atoms with E-state index in [9.17, 15) is 4.79 Å². The summed E-state index contributed by atoms with van der Waals surface area (Å²) in [4.78, 5) is 16.5. The number of rotatable bonds is 7. The fourth-order valence-corrected chi connectivity index (χ4v) is 2.31. The van der Waals surface area contributed by atoms with Crippen molar-refractivity contribution in [2.75, 3.05) is 13.2 Å². The lowest BCUT2D eigenvalue weighted by molar-refractivity contribution is 0.0446. The van der Waals surface area contributed by atoms with Gasteiger partial charge in [0.25, 0.3) is 0 Å². The minimum absolute atomic E-state index is 0.132. The number of benzene rings is 2. The maximum atomic E-state index is 12.3. The number of para-hydroxylation sites is 2. The Morgan fingerprint density at radius 2 is 1.69 bits per heavy atom. The summed E-state index contributed by atoms with van der Waals surface area (Å²) in [5.74, 6) is 1.09. The summed E-state index contributed by atoms with van der Waals surface area (Å²) in [5, 5.41) is 0. The number of pyridine rings is 1. The molecule has 3 aromatic rings. The third kappa shape index (κ3) is 4.60. The molecule has 0 spiro atoms. The summed E-state index contributed by atoms with van der Waals surface area (Å²) >= 11 is 0. The third-order valence-electron chi connectivity index (χ3n) is 3.62. The lowest BCUT2D eigenvalue weighted by atomic mass is 10.2. The molecule has 5 heteroatoms. The van der Waals surface area contributed by atoms with Crippen LogP contribution < -0.4 is 9.47 Å². The average molecular weight is 349 g/mol. The van der Waals surface area contributed by atoms with Gasteiger partial charge in [0.1, 0.15) is 30.3 Å². The first kappa shape index (κ1) is 17.5. The van der Waals surface area contributed by atoms with Gasteiger partial charge in [0.05, 0.1) is 0 Å². The Labute approximate surface area is 152 Å². The van der Waals surface area contributed by atoms with Crippen molar-refractivity contribution in [3.05, 3.63) is 84.1 Å². The molecule has 0 bridgehead atoms. The standard InChI is InChI=1S/C21H19NO4/c1-16-8-5-6-12-19(16)24-14-15-25-21(23)18-11-7-13-22-20(18)26-17-9-3-2-4-10-17/h2-13H,14-15H2,1H3. The first-order chi connectivity index (χ1) is 12.7. The molecule has 0 aliphatic carbocycles. The second kappa shape index (κ2) is 8.67. The molecule has 26 heavy (non-hydrogen) atoms.